The Morgan fingerprint density at radius 1 is 0.941 bits per heavy atom. The smallest absolute Gasteiger partial charge is 0.264 e. The van der Waals surface area contributed by atoms with Crippen LogP contribution in [0.1, 0.15) is 43.2 Å². The predicted molar refractivity (Wildman–Crippen MR) is 134 cm³/mol. The maximum absolute atomic E-state index is 13.1. The van der Waals surface area contributed by atoms with E-state index >= 15 is 0 Å². The first-order valence-electron chi connectivity index (χ1n) is 11.9. The maximum atomic E-state index is 13.1. The molecule has 1 saturated carbocycles. The molecule has 1 aromatic heterocycles. The molecule has 3 aromatic rings. The summed E-state index contributed by atoms with van der Waals surface area (Å²) in [5.74, 6) is 0.801. The van der Waals surface area contributed by atoms with E-state index in [1.165, 1.54) is 19.3 Å². The summed E-state index contributed by atoms with van der Waals surface area (Å²) in [7, 11) is -3.87. The predicted octanol–water partition coefficient (Wildman–Crippen LogP) is 5.31. The second-order valence-electron chi connectivity index (χ2n) is 9.25. The van der Waals surface area contributed by atoms with Crippen molar-refractivity contribution in [1.82, 2.24) is 9.97 Å². The molecule has 0 unspecified atom stereocenters. The Balaban J connectivity index is 1.63. The summed E-state index contributed by atoms with van der Waals surface area (Å²) in [6, 6.07) is 14.7. The highest BCUT2D eigenvalue weighted by molar-refractivity contribution is 7.92. The molecule has 0 radical (unpaired) electrons. The molecule has 2 aromatic carbocycles. The molecule has 1 aliphatic carbocycles. The third-order valence-electron chi connectivity index (χ3n) is 6.77. The van der Waals surface area contributed by atoms with E-state index in [2.05, 4.69) is 20.0 Å². The summed E-state index contributed by atoms with van der Waals surface area (Å²) < 4.78 is 35.3. The SMILES string of the molecule is Cc1cccc(C)c1-c1cc2nc(n1)NS(=O)(=O)c1cccc(c1)NC[C@@H](C1CCCCC1)O2. The Kier molecular flexibility index (Phi) is 6.16. The zero-order chi connectivity index (χ0) is 23.7. The minimum Gasteiger partial charge on any atom is -0.472 e. The fourth-order valence-corrected chi connectivity index (χ4v) is 6.00. The van der Waals surface area contributed by atoms with Crippen LogP contribution in [0.2, 0.25) is 0 Å². The first kappa shape index (κ1) is 22.7. The number of hydrogen-bond acceptors (Lipinski definition) is 6. The molecule has 2 aliphatic rings. The number of aryl methyl sites for hydroxylation is 2. The molecule has 2 N–H and O–H groups in total. The van der Waals surface area contributed by atoms with Crippen LogP contribution in [0.15, 0.2) is 53.4 Å². The normalized spacial score (nSPS) is 20.1. The molecule has 0 amide bonds. The van der Waals surface area contributed by atoms with Crippen LogP contribution in [0.25, 0.3) is 11.3 Å². The Hall–Kier alpha value is -3.13. The lowest BCUT2D eigenvalue weighted by molar-refractivity contribution is 0.113. The van der Waals surface area contributed by atoms with E-state index in [0.29, 0.717) is 24.0 Å². The van der Waals surface area contributed by atoms with Crippen molar-refractivity contribution in [3.8, 4) is 17.1 Å². The largest absolute Gasteiger partial charge is 0.472 e. The van der Waals surface area contributed by atoms with Crippen molar-refractivity contribution in [2.45, 2.75) is 57.0 Å². The molecule has 1 atom stereocenters. The fourth-order valence-electron chi connectivity index (χ4n) is 5.01. The number of rotatable bonds is 2. The Bertz CT molecular complexity index is 1280. The van der Waals surface area contributed by atoms with Gasteiger partial charge in [-0.25, -0.2) is 18.1 Å². The van der Waals surface area contributed by atoms with Crippen LogP contribution in [-0.2, 0) is 10.0 Å². The molecule has 178 valence electrons. The Labute approximate surface area is 201 Å². The quantitative estimate of drug-likeness (QED) is 0.518. The summed E-state index contributed by atoms with van der Waals surface area (Å²) in [6.07, 6.45) is 5.79. The van der Waals surface area contributed by atoms with Gasteiger partial charge >= 0.3 is 0 Å². The van der Waals surface area contributed by atoms with E-state index in [1.807, 2.05) is 44.2 Å². The lowest BCUT2D eigenvalue weighted by Gasteiger charge is -2.31. The lowest BCUT2D eigenvalue weighted by atomic mass is 9.85. The van der Waals surface area contributed by atoms with Crippen molar-refractivity contribution in [3.05, 3.63) is 59.7 Å². The standard InChI is InChI=1S/C26H30N4O3S/c1-17-8-6-9-18(2)25(17)22-15-24-29-26(28-22)30-34(31,32)21-13-7-12-20(14-21)27-16-23(33-24)19-10-4-3-5-11-19/h6-9,12-15,19,23,27H,3-5,10-11,16H2,1-2H3,(H,28,29,30)/t23-/m0/s1. The third-order valence-corrected chi connectivity index (χ3v) is 8.09. The van der Waals surface area contributed by atoms with Crippen molar-refractivity contribution in [1.29, 1.82) is 0 Å². The minimum atomic E-state index is -3.87. The topological polar surface area (TPSA) is 93.2 Å². The lowest BCUT2D eigenvalue weighted by Crippen LogP contribution is -2.35. The zero-order valence-corrected chi connectivity index (χ0v) is 20.4. The van der Waals surface area contributed by atoms with Gasteiger partial charge in [0.2, 0.25) is 11.8 Å². The summed E-state index contributed by atoms with van der Waals surface area (Å²) >= 11 is 0. The Morgan fingerprint density at radius 2 is 1.68 bits per heavy atom. The van der Waals surface area contributed by atoms with Gasteiger partial charge in [-0.2, -0.15) is 4.98 Å². The van der Waals surface area contributed by atoms with Crippen LogP contribution in [0.4, 0.5) is 11.6 Å². The van der Waals surface area contributed by atoms with E-state index in [-0.39, 0.29) is 16.9 Å². The number of nitrogens with one attached hydrogen (secondary N) is 2. The molecule has 5 rings (SSSR count). The number of benzene rings is 2. The van der Waals surface area contributed by atoms with E-state index in [1.54, 1.807) is 18.2 Å². The molecule has 1 aliphatic heterocycles. The minimum absolute atomic E-state index is 0.0106. The molecule has 2 heterocycles. The van der Waals surface area contributed by atoms with Gasteiger partial charge in [-0.3, -0.25) is 0 Å². The maximum Gasteiger partial charge on any atom is 0.264 e. The molecule has 1 fully saturated rings. The summed E-state index contributed by atoms with van der Waals surface area (Å²) in [5, 5.41) is 3.40. The van der Waals surface area contributed by atoms with Gasteiger partial charge < -0.3 is 10.1 Å². The molecular formula is C26H30N4O3S. The van der Waals surface area contributed by atoms with Gasteiger partial charge in [-0.05, 0) is 61.9 Å². The fraction of sp³-hybridized carbons (Fsp3) is 0.385. The van der Waals surface area contributed by atoms with Gasteiger partial charge in [0.25, 0.3) is 10.0 Å². The van der Waals surface area contributed by atoms with Crippen LogP contribution in [0, 0.1) is 19.8 Å². The average molecular weight is 479 g/mol. The molecular weight excluding hydrogens is 448 g/mol. The van der Waals surface area contributed by atoms with E-state index in [9.17, 15) is 8.42 Å². The van der Waals surface area contributed by atoms with Crippen molar-refractivity contribution in [2.24, 2.45) is 5.92 Å². The van der Waals surface area contributed by atoms with Crippen molar-refractivity contribution in [2.75, 3.05) is 16.6 Å². The van der Waals surface area contributed by atoms with Crippen molar-refractivity contribution in [3.63, 3.8) is 0 Å². The van der Waals surface area contributed by atoms with Gasteiger partial charge in [0.05, 0.1) is 17.1 Å². The van der Waals surface area contributed by atoms with Crippen LogP contribution >= 0.6 is 0 Å². The van der Waals surface area contributed by atoms with E-state index in [0.717, 1.165) is 35.2 Å². The van der Waals surface area contributed by atoms with E-state index in [4.69, 9.17) is 4.74 Å². The number of ether oxygens (including phenoxy) is 1. The highest BCUT2D eigenvalue weighted by Crippen LogP contribution is 2.33. The highest BCUT2D eigenvalue weighted by atomic mass is 32.2. The summed E-state index contributed by atoms with van der Waals surface area (Å²) in [6.45, 7) is 4.61. The van der Waals surface area contributed by atoms with Crippen LogP contribution in [-0.4, -0.2) is 31.0 Å². The number of fused-ring (bicyclic) bond motifs is 4. The first-order valence-corrected chi connectivity index (χ1v) is 13.4. The number of hydrogen-bond donors (Lipinski definition) is 2. The second-order valence-corrected chi connectivity index (χ2v) is 10.9. The molecule has 7 nitrogen and oxygen atoms in total. The van der Waals surface area contributed by atoms with Gasteiger partial charge in [-0.15, -0.1) is 0 Å². The first-order chi connectivity index (χ1) is 16.4. The summed E-state index contributed by atoms with van der Waals surface area (Å²) in [5.41, 5.74) is 4.44. The highest BCUT2D eigenvalue weighted by Gasteiger charge is 2.27. The molecule has 34 heavy (non-hydrogen) atoms. The van der Waals surface area contributed by atoms with Gasteiger partial charge in [0.15, 0.2) is 0 Å². The molecule has 0 saturated heterocycles. The number of anilines is 2. The number of aromatic nitrogens is 2. The van der Waals surface area contributed by atoms with E-state index < -0.39 is 10.0 Å². The van der Waals surface area contributed by atoms with Crippen molar-refractivity contribution < 1.29 is 13.2 Å². The van der Waals surface area contributed by atoms with Gasteiger partial charge in [0.1, 0.15) is 6.10 Å². The van der Waals surface area contributed by atoms with Gasteiger partial charge in [0, 0.05) is 17.3 Å². The molecule has 4 bridgehead atoms. The third kappa shape index (κ3) is 4.73. The average Bonchev–Trinajstić information content (AvgIpc) is 2.81. The number of sulfonamides is 1. The van der Waals surface area contributed by atoms with Crippen LogP contribution in [0.5, 0.6) is 5.88 Å². The van der Waals surface area contributed by atoms with Crippen LogP contribution < -0.4 is 14.8 Å². The monoisotopic (exact) mass is 478 g/mol. The van der Waals surface area contributed by atoms with Crippen molar-refractivity contribution >= 4 is 21.7 Å². The Morgan fingerprint density at radius 3 is 2.44 bits per heavy atom. The van der Waals surface area contributed by atoms with Crippen LogP contribution in [0.3, 0.4) is 0 Å². The zero-order valence-electron chi connectivity index (χ0n) is 19.5. The van der Waals surface area contributed by atoms with Gasteiger partial charge in [-0.1, -0.05) is 43.5 Å². The number of nitrogens with zero attached hydrogens (tertiary/aromatic N) is 2. The molecule has 0 spiro atoms. The summed E-state index contributed by atoms with van der Waals surface area (Å²) in [4.78, 5) is 9.24. The second kappa shape index (κ2) is 9.25. The molecule has 8 heteroatoms.